The van der Waals surface area contributed by atoms with Crippen molar-refractivity contribution in [3.05, 3.63) is 77.2 Å². The average Bonchev–Trinajstić information content (AvgIpc) is 2.61. The molecule has 3 rings (SSSR count). The lowest BCUT2D eigenvalue weighted by Crippen LogP contribution is -2.14. The van der Waals surface area contributed by atoms with Crippen LogP contribution in [0.5, 0.6) is 0 Å². The molecule has 0 bridgehead atoms. The highest BCUT2D eigenvalue weighted by molar-refractivity contribution is 6.02. The summed E-state index contributed by atoms with van der Waals surface area (Å²) in [5, 5.41) is 13.4. The van der Waals surface area contributed by atoms with Crippen molar-refractivity contribution in [3.8, 4) is 0 Å². The van der Waals surface area contributed by atoms with Gasteiger partial charge in [0.1, 0.15) is 5.82 Å². The molecule has 0 aliphatic heterocycles. The van der Waals surface area contributed by atoms with Gasteiger partial charge in [-0.15, -0.1) is 10.2 Å². The summed E-state index contributed by atoms with van der Waals surface area (Å²) >= 11 is 0. The second-order valence-corrected chi connectivity index (χ2v) is 5.66. The minimum Gasteiger partial charge on any atom is -0.336 e. The van der Waals surface area contributed by atoms with E-state index in [1.165, 1.54) is 12.1 Å². The average molecular weight is 336 g/mol. The minimum atomic E-state index is -0.388. The number of nitrogens with zero attached hydrogens (tertiary/aromatic N) is 2. The summed E-state index contributed by atoms with van der Waals surface area (Å²) in [7, 11) is 0. The lowest BCUT2D eigenvalue weighted by Gasteiger charge is -2.08. The predicted octanol–water partition coefficient (Wildman–Crippen LogP) is 4.23. The Kier molecular flexibility index (Phi) is 4.70. The fraction of sp³-hybridized carbons (Fsp3) is 0.105. The van der Waals surface area contributed by atoms with Crippen LogP contribution < -0.4 is 10.6 Å². The largest absolute Gasteiger partial charge is 0.336 e. The van der Waals surface area contributed by atoms with Crippen molar-refractivity contribution in [1.82, 2.24) is 10.2 Å². The van der Waals surface area contributed by atoms with Crippen LogP contribution in [0.2, 0.25) is 0 Å². The van der Waals surface area contributed by atoms with Gasteiger partial charge in [0.15, 0.2) is 11.5 Å². The van der Waals surface area contributed by atoms with Crippen LogP contribution in [-0.2, 0) is 0 Å². The van der Waals surface area contributed by atoms with Gasteiger partial charge in [-0.05, 0) is 61.4 Å². The first-order chi connectivity index (χ1) is 12.0. The summed E-state index contributed by atoms with van der Waals surface area (Å²) in [6.07, 6.45) is 0. The smallest absolute Gasteiger partial charge is 0.276 e. The van der Waals surface area contributed by atoms with Crippen LogP contribution in [0, 0.1) is 19.7 Å². The van der Waals surface area contributed by atoms with Crippen LogP contribution >= 0.6 is 0 Å². The third kappa shape index (κ3) is 3.98. The first-order valence-corrected chi connectivity index (χ1v) is 7.77. The van der Waals surface area contributed by atoms with Gasteiger partial charge in [-0.2, -0.15) is 0 Å². The van der Waals surface area contributed by atoms with Gasteiger partial charge in [-0.1, -0.05) is 18.2 Å². The minimum absolute atomic E-state index is 0.178. The van der Waals surface area contributed by atoms with Gasteiger partial charge in [-0.3, -0.25) is 4.79 Å². The first kappa shape index (κ1) is 16.6. The van der Waals surface area contributed by atoms with Gasteiger partial charge < -0.3 is 10.6 Å². The van der Waals surface area contributed by atoms with Crippen molar-refractivity contribution in [2.75, 3.05) is 10.6 Å². The van der Waals surface area contributed by atoms with Gasteiger partial charge in [0.25, 0.3) is 5.91 Å². The molecule has 0 radical (unpaired) electrons. The maximum atomic E-state index is 13.6. The maximum Gasteiger partial charge on any atom is 0.276 e. The van der Waals surface area contributed by atoms with E-state index in [2.05, 4.69) is 20.8 Å². The highest BCUT2D eigenvalue weighted by atomic mass is 19.1. The molecule has 0 spiro atoms. The van der Waals surface area contributed by atoms with Crippen molar-refractivity contribution >= 4 is 23.1 Å². The van der Waals surface area contributed by atoms with E-state index in [4.69, 9.17) is 0 Å². The molecule has 126 valence electrons. The summed E-state index contributed by atoms with van der Waals surface area (Å²) < 4.78 is 13.6. The molecule has 0 fully saturated rings. The zero-order chi connectivity index (χ0) is 17.8. The number of anilines is 3. The van der Waals surface area contributed by atoms with Crippen LogP contribution in [0.3, 0.4) is 0 Å². The van der Waals surface area contributed by atoms with Gasteiger partial charge in [0, 0.05) is 5.69 Å². The summed E-state index contributed by atoms with van der Waals surface area (Å²) in [4.78, 5) is 12.2. The molecule has 0 saturated carbocycles. The molecule has 1 aromatic heterocycles. The highest BCUT2D eigenvalue weighted by Crippen LogP contribution is 2.18. The second-order valence-electron chi connectivity index (χ2n) is 5.66. The molecule has 2 N–H and O–H groups in total. The fourth-order valence-corrected chi connectivity index (χ4v) is 2.23. The van der Waals surface area contributed by atoms with Crippen LogP contribution in [0.1, 0.15) is 21.6 Å². The first-order valence-electron chi connectivity index (χ1n) is 7.77. The van der Waals surface area contributed by atoms with Gasteiger partial charge in [0.05, 0.1) is 5.69 Å². The quantitative estimate of drug-likeness (QED) is 0.748. The lowest BCUT2D eigenvalue weighted by atomic mass is 10.1. The molecule has 3 aromatic rings. The van der Waals surface area contributed by atoms with Gasteiger partial charge in [-0.25, -0.2) is 4.39 Å². The molecule has 5 nitrogen and oxygen atoms in total. The number of carbonyl (C=O) groups is 1. The number of amides is 1. The number of rotatable bonds is 4. The highest BCUT2D eigenvalue weighted by Gasteiger charge is 2.10. The van der Waals surface area contributed by atoms with Crippen LogP contribution in [0.25, 0.3) is 0 Å². The Hall–Kier alpha value is -3.28. The van der Waals surface area contributed by atoms with Crippen molar-refractivity contribution in [3.63, 3.8) is 0 Å². The molecular weight excluding hydrogens is 319 g/mol. The topological polar surface area (TPSA) is 66.9 Å². The number of aromatic nitrogens is 2. The molecule has 2 aromatic carbocycles. The lowest BCUT2D eigenvalue weighted by molar-refractivity contribution is 0.102. The Morgan fingerprint density at radius 2 is 1.76 bits per heavy atom. The van der Waals surface area contributed by atoms with E-state index in [-0.39, 0.29) is 17.4 Å². The van der Waals surface area contributed by atoms with Crippen LogP contribution in [0.15, 0.2) is 54.6 Å². The number of hydrogen-bond acceptors (Lipinski definition) is 4. The monoisotopic (exact) mass is 336 g/mol. The van der Waals surface area contributed by atoms with E-state index in [0.717, 1.165) is 11.1 Å². The standard InChI is InChI=1S/C19H17FN4O/c1-12-7-8-14(11-13(12)2)21-19(25)17-9-10-18(24-23-17)22-16-6-4-3-5-15(16)20/h3-11H,1-2H3,(H,21,25)(H,22,24). The van der Waals surface area contributed by atoms with Gasteiger partial charge in [0.2, 0.25) is 0 Å². The Morgan fingerprint density at radius 3 is 2.44 bits per heavy atom. The van der Waals surface area contributed by atoms with Crippen molar-refractivity contribution in [2.24, 2.45) is 0 Å². The Morgan fingerprint density at radius 1 is 0.960 bits per heavy atom. The van der Waals surface area contributed by atoms with Crippen LogP contribution in [-0.4, -0.2) is 16.1 Å². The number of carbonyl (C=O) groups excluding carboxylic acids is 1. The van der Waals surface area contributed by atoms with E-state index in [1.807, 2.05) is 32.0 Å². The number of para-hydroxylation sites is 1. The Balaban J connectivity index is 1.70. The second kappa shape index (κ2) is 7.09. The SMILES string of the molecule is Cc1ccc(NC(=O)c2ccc(Nc3ccccc3F)nn2)cc1C. The molecule has 0 unspecified atom stereocenters. The molecule has 1 amide bonds. The van der Waals surface area contributed by atoms with E-state index < -0.39 is 0 Å². The number of aryl methyl sites for hydroxylation is 2. The molecule has 1 heterocycles. The summed E-state index contributed by atoms with van der Waals surface area (Å²) in [5.41, 5.74) is 3.42. The Labute approximate surface area is 144 Å². The molecule has 0 aliphatic rings. The van der Waals surface area contributed by atoms with Crippen LogP contribution in [0.4, 0.5) is 21.6 Å². The van der Waals surface area contributed by atoms with E-state index in [0.29, 0.717) is 17.2 Å². The number of benzene rings is 2. The molecule has 25 heavy (non-hydrogen) atoms. The van der Waals surface area contributed by atoms with E-state index >= 15 is 0 Å². The van der Waals surface area contributed by atoms with E-state index in [9.17, 15) is 9.18 Å². The summed E-state index contributed by atoms with van der Waals surface area (Å²) in [5.74, 6) is -0.387. The maximum absolute atomic E-state index is 13.6. The molecular formula is C19H17FN4O. The third-order valence-electron chi connectivity index (χ3n) is 3.80. The van der Waals surface area contributed by atoms with E-state index in [1.54, 1.807) is 24.3 Å². The normalized spacial score (nSPS) is 10.4. The third-order valence-corrected chi connectivity index (χ3v) is 3.80. The summed E-state index contributed by atoms with van der Waals surface area (Å²) in [6.45, 7) is 3.99. The molecule has 0 aliphatic carbocycles. The zero-order valence-electron chi connectivity index (χ0n) is 13.9. The fourth-order valence-electron chi connectivity index (χ4n) is 2.23. The molecule has 0 atom stereocenters. The van der Waals surface area contributed by atoms with Crippen molar-refractivity contribution in [1.29, 1.82) is 0 Å². The number of hydrogen-bond donors (Lipinski definition) is 2. The Bertz CT molecular complexity index is 910. The number of nitrogens with one attached hydrogen (secondary N) is 2. The molecule has 0 saturated heterocycles. The zero-order valence-corrected chi connectivity index (χ0v) is 13.9. The predicted molar refractivity (Wildman–Crippen MR) is 95.6 cm³/mol. The summed E-state index contributed by atoms with van der Waals surface area (Å²) in [6, 6.07) is 15.0. The van der Waals surface area contributed by atoms with Crippen molar-refractivity contribution in [2.45, 2.75) is 13.8 Å². The molecule has 6 heteroatoms. The van der Waals surface area contributed by atoms with Crippen molar-refractivity contribution < 1.29 is 9.18 Å². The van der Waals surface area contributed by atoms with Gasteiger partial charge >= 0.3 is 0 Å². The number of halogens is 1.